The zero-order chi connectivity index (χ0) is 9.94. The number of allylic oxidation sites excluding steroid dienone is 3. The van der Waals surface area contributed by atoms with E-state index in [0.29, 0.717) is 0 Å². The third-order valence-corrected chi connectivity index (χ3v) is 1.97. The molecule has 76 valence electrons. The molecule has 0 saturated heterocycles. The van der Waals surface area contributed by atoms with Gasteiger partial charge in [-0.3, -0.25) is 0 Å². The van der Waals surface area contributed by atoms with Gasteiger partial charge in [-0.2, -0.15) is 0 Å². The topological polar surface area (TPSA) is 12.0 Å². The van der Waals surface area contributed by atoms with Gasteiger partial charge in [-0.15, -0.1) is 0 Å². The predicted octanol–water partition coefficient (Wildman–Crippen LogP) is 3.29. The Bertz CT molecular complexity index is 147. The summed E-state index contributed by atoms with van der Waals surface area (Å²) in [6, 6.07) is 0. The highest BCUT2D eigenvalue weighted by Gasteiger charge is 1.86. The molecule has 0 radical (unpaired) electrons. The second-order valence-electron chi connectivity index (χ2n) is 3.41. The van der Waals surface area contributed by atoms with Crippen LogP contribution in [0.2, 0.25) is 0 Å². The van der Waals surface area contributed by atoms with Gasteiger partial charge in [0, 0.05) is 0 Å². The summed E-state index contributed by atoms with van der Waals surface area (Å²) >= 11 is 0. The summed E-state index contributed by atoms with van der Waals surface area (Å²) in [7, 11) is 2.00. The van der Waals surface area contributed by atoms with E-state index in [0.717, 1.165) is 13.0 Å². The fourth-order valence-electron chi connectivity index (χ4n) is 1.22. The fraction of sp³-hybridized carbons (Fsp3) is 0.667. The number of hydrogen-bond donors (Lipinski definition) is 1. The van der Waals surface area contributed by atoms with Crippen molar-refractivity contribution in [2.24, 2.45) is 0 Å². The van der Waals surface area contributed by atoms with Crippen molar-refractivity contribution in [2.45, 2.75) is 39.0 Å². The van der Waals surface area contributed by atoms with E-state index >= 15 is 0 Å². The SMILES string of the molecule is C=C(/C=C\CCCCNC)CCC. The maximum absolute atomic E-state index is 3.98. The van der Waals surface area contributed by atoms with E-state index in [1.165, 1.54) is 31.3 Å². The Labute approximate surface area is 82.9 Å². The lowest BCUT2D eigenvalue weighted by Crippen LogP contribution is -2.06. The monoisotopic (exact) mass is 181 g/mol. The normalized spacial score (nSPS) is 10.9. The van der Waals surface area contributed by atoms with Crippen LogP contribution in [-0.2, 0) is 0 Å². The Kier molecular flexibility index (Phi) is 9.12. The van der Waals surface area contributed by atoms with Crippen LogP contribution in [0.15, 0.2) is 24.3 Å². The van der Waals surface area contributed by atoms with E-state index < -0.39 is 0 Å². The Hall–Kier alpha value is -0.560. The zero-order valence-corrected chi connectivity index (χ0v) is 9.10. The minimum Gasteiger partial charge on any atom is -0.320 e. The standard InChI is InChI=1S/C12H23N/c1-4-9-12(2)10-7-5-6-8-11-13-3/h7,10,13H,2,4-6,8-9,11H2,1,3H3/b10-7-. The molecule has 0 aromatic carbocycles. The highest BCUT2D eigenvalue weighted by Crippen LogP contribution is 2.04. The van der Waals surface area contributed by atoms with E-state index in [-0.39, 0.29) is 0 Å². The third kappa shape index (κ3) is 9.35. The molecule has 0 rings (SSSR count). The molecule has 13 heavy (non-hydrogen) atoms. The van der Waals surface area contributed by atoms with Gasteiger partial charge in [0.2, 0.25) is 0 Å². The van der Waals surface area contributed by atoms with Crippen LogP contribution in [-0.4, -0.2) is 13.6 Å². The predicted molar refractivity (Wildman–Crippen MR) is 61.0 cm³/mol. The first-order valence-corrected chi connectivity index (χ1v) is 5.30. The Balaban J connectivity index is 3.25. The molecule has 0 heterocycles. The van der Waals surface area contributed by atoms with E-state index in [9.17, 15) is 0 Å². The van der Waals surface area contributed by atoms with Crippen molar-refractivity contribution in [1.29, 1.82) is 0 Å². The Morgan fingerprint density at radius 3 is 2.77 bits per heavy atom. The van der Waals surface area contributed by atoms with Gasteiger partial charge in [-0.25, -0.2) is 0 Å². The molecule has 0 aliphatic carbocycles. The van der Waals surface area contributed by atoms with Gasteiger partial charge in [0.05, 0.1) is 0 Å². The fourth-order valence-corrected chi connectivity index (χ4v) is 1.22. The van der Waals surface area contributed by atoms with Crippen LogP contribution in [0.25, 0.3) is 0 Å². The van der Waals surface area contributed by atoms with Crippen LogP contribution in [0.4, 0.5) is 0 Å². The van der Waals surface area contributed by atoms with Gasteiger partial charge < -0.3 is 5.32 Å². The Morgan fingerprint density at radius 1 is 1.38 bits per heavy atom. The first-order valence-electron chi connectivity index (χ1n) is 5.30. The van der Waals surface area contributed by atoms with E-state index in [1.54, 1.807) is 0 Å². The van der Waals surface area contributed by atoms with Gasteiger partial charge in [-0.05, 0) is 39.3 Å². The van der Waals surface area contributed by atoms with Crippen LogP contribution >= 0.6 is 0 Å². The van der Waals surface area contributed by atoms with Crippen molar-refractivity contribution in [3.8, 4) is 0 Å². The lowest BCUT2D eigenvalue weighted by Gasteiger charge is -1.97. The average molecular weight is 181 g/mol. The van der Waals surface area contributed by atoms with Crippen molar-refractivity contribution in [2.75, 3.05) is 13.6 Å². The van der Waals surface area contributed by atoms with Crippen molar-refractivity contribution in [1.82, 2.24) is 5.32 Å². The lowest BCUT2D eigenvalue weighted by molar-refractivity contribution is 0.684. The van der Waals surface area contributed by atoms with Gasteiger partial charge in [-0.1, -0.05) is 37.6 Å². The molecule has 0 fully saturated rings. The quantitative estimate of drug-likeness (QED) is 0.447. The molecule has 1 nitrogen and oxygen atoms in total. The molecule has 0 atom stereocenters. The number of nitrogens with one attached hydrogen (secondary N) is 1. The number of unbranched alkanes of at least 4 members (excludes halogenated alkanes) is 2. The first-order chi connectivity index (χ1) is 6.31. The second-order valence-corrected chi connectivity index (χ2v) is 3.41. The zero-order valence-electron chi connectivity index (χ0n) is 9.10. The molecular weight excluding hydrogens is 158 g/mol. The summed E-state index contributed by atoms with van der Waals surface area (Å²) in [4.78, 5) is 0. The molecule has 0 aliphatic rings. The minimum atomic E-state index is 1.13. The van der Waals surface area contributed by atoms with E-state index in [2.05, 4.69) is 31.0 Å². The molecule has 1 heteroatoms. The lowest BCUT2D eigenvalue weighted by atomic mass is 10.1. The summed E-state index contributed by atoms with van der Waals surface area (Å²) in [5.74, 6) is 0. The minimum absolute atomic E-state index is 1.13. The van der Waals surface area contributed by atoms with Crippen molar-refractivity contribution in [3.05, 3.63) is 24.3 Å². The van der Waals surface area contributed by atoms with Crippen molar-refractivity contribution in [3.63, 3.8) is 0 Å². The maximum atomic E-state index is 3.98. The van der Waals surface area contributed by atoms with Gasteiger partial charge >= 0.3 is 0 Å². The maximum Gasteiger partial charge on any atom is -0.00518 e. The van der Waals surface area contributed by atoms with Gasteiger partial charge in [0.25, 0.3) is 0 Å². The van der Waals surface area contributed by atoms with Crippen molar-refractivity contribution < 1.29 is 0 Å². The second kappa shape index (κ2) is 9.53. The first kappa shape index (κ1) is 12.4. The molecule has 0 spiro atoms. The molecule has 0 amide bonds. The van der Waals surface area contributed by atoms with Crippen LogP contribution in [0.3, 0.4) is 0 Å². The average Bonchev–Trinajstić information content (AvgIpc) is 2.11. The Morgan fingerprint density at radius 2 is 2.15 bits per heavy atom. The molecule has 0 aromatic rings. The highest BCUT2D eigenvalue weighted by atomic mass is 14.8. The largest absolute Gasteiger partial charge is 0.320 e. The molecule has 0 saturated carbocycles. The van der Waals surface area contributed by atoms with Crippen LogP contribution in [0.5, 0.6) is 0 Å². The summed E-state index contributed by atoms with van der Waals surface area (Å²) in [5, 5.41) is 3.15. The molecular formula is C12H23N. The van der Waals surface area contributed by atoms with Gasteiger partial charge in [0.1, 0.15) is 0 Å². The van der Waals surface area contributed by atoms with Crippen LogP contribution in [0.1, 0.15) is 39.0 Å². The smallest absolute Gasteiger partial charge is 0.00518 e. The van der Waals surface area contributed by atoms with Crippen LogP contribution in [0, 0.1) is 0 Å². The summed E-state index contributed by atoms with van der Waals surface area (Å²) in [6.45, 7) is 7.29. The van der Waals surface area contributed by atoms with Crippen LogP contribution < -0.4 is 5.32 Å². The molecule has 0 unspecified atom stereocenters. The summed E-state index contributed by atoms with van der Waals surface area (Å²) in [6.07, 6.45) is 10.5. The van der Waals surface area contributed by atoms with E-state index in [1.807, 2.05) is 7.05 Å². The molecule has 0 bridgehead atoms. The molecule has 1 N–H and O–H groups in total. The highest BCUT2D eigenvalue weighted by molar-refractivity contribution is 5.13. The molecule has 0 aromatic heterocycles. The third-order valence-electron chi connectivity index (χ3n) is 1.97. The summed E-state index contributed by atoms with van der Waals surface area (Å²) in [5.41, 5.74) is 1.26. The number of rotatable bonds is 8. The number of hydrogen-bond acceptors (Lipinski definition) is 1. The van der Waals surface area contributed by atoms with Crippen molar-refractivity contribution >= 4 is 0 Å². The van der Waals surface area contributed by atoms with Gasteiger partial charge in [0.15, 0.2) is 0 Å². The summed E-state index contributed by atoms with van der Waals surface area (Å²) < 4.78 is 0. The van der Waals surface area contributed by atoms with E-state index in [4.69, 9.17) is 0 Å². The molecule has 0 aliphatic heterocycles.